The van der Waals surface area contributed by atoms with E-state index in [1.807, 2.05) is 50.6 Å². The number of carbonyl (C=O) groups excluding carboxylic acids is 1. The maximum atomic E-state index is 11.7. The second kappa shape index (κ2) is 18.0. The van der Waals surface area contributed by atoms with E-state index in [1.165, 1.54) is 17.0 Å². The monoisotopic (exact) mass is 852 g/mol. The molecule has 0 aliphatic heterocycles. The van der Waals surface area contributed by atoms with Gasteiger partial charge in [-0.25, -0.2) is 0 Å². The quantitative estimate of drug-likeness (QED) is 0.0622. The predicted molar refractivity (Wildman–Crippen MR) is 203 cm³/mol. The van der Waals surface area contributed by atoms with Crippen molar-refractivity contribution in [1.29, 1.82) is 0 Å². The van der Waals surface area contributed by atoms with E-state index >= 15 is 0 Å². The molecule has 0 aliphatic rings. The molecule has 0 amide bonds. The number of fused-ring (bicyclic) bond motifs is 2. The summed E-state index contributed by atoms with van der Waals surface area (Å²) >= 11 is 0. The molecule has 6 heteroatoms. The molecule has 5 nitrogen and oxygen atoms in total. The Morgan fingerprint density at radius 2 is 1.62 bits per heavy atom. The fourth-order valence-corrected chi connectivity index (χ4v) is 6.41. The zero-order valence-corrected chi connectivity index (χ0v) is 33.8. The Bertz CT molecular complexity index is 1910. The summed E-state index contributed by atoms with van der Waals surface area (Å²) < 4.78 is 7.69. The van der Waals surface area contributed by atoms with Crippen LogP contribution in [0.15, 0.2) is 83.3 Å². The van der Waals surface area contributed by atoms with Crippen molar-refractivity contribution < 1.29 is 39.0 Å². The van der Waals surface area contributed by atoms with E-state index in [1.54, 1.807) is 6.26 Å². The number of aliphatic hydroxyl groups is 1. The molecule has 0 fully saturated rings. The standard InChI is InChI=1S/C31H31N2O.C13H24O2.Ir/c1-20(2)15-28-25-12-14-34-30(25)19-27(32-28)22-11-13-33(6)29(18-22)23-16-21-9-7-8-10-24(21)26(17-23)31(3,4)5;1-5-10(6-2)12(14)9-13(15)11(7-3)8-4;/h7-14,17-20H,6,15H2,1-5H3;9-11,14H,5-8H2,1-4H3;/q-1;;/b;12-9-;. The Labute approximate surface area is 313 Å². The van der Waals surface area contributed by atoms with Gasteiger partial charge < -0.3 is 14.1 Å². The third-order valence-electron chi connectivity index (χ3n) is 9.40. The van der Waals surface area contributed by atoms with Crippen molar-refractivity contribution in [3.63, 3.8) is 0 Å². The van der Waals surface area contributed by atoms with Crippen LogP contribution >= 0.6 is 0 Å². The Morgan fingerprint density at radius 1 is 0.960 bits per heavy atom. The van der Waals surface area contributed by atoms with Gasteiger partial charge in [0.25, 0.3) is 0 Å². The Hall–Kier alpha value is -3.73. The first-order chi connectivity index (χ1) is 23.3. The summed E-state index contributed by atoms with van der Waals surface area (Å²) in [7, 11) is 4.26. The molecule has 0 bridgehead atoms. The van der Waals surface area contributed by atoms with Crippen LogP contribution in [0.2, 0.25) is 0 Å². The number of aromatic nitrogens is 2. The maximum absolute atomic E-state index is 11.7. The van der Waals surface area contributed by atoms with Crippen molar-refractivity contribution in [2.45, 2.75) is 99.8 Å². The summed E-state index contributed by atoms with van der Waals surface area (Å²) in [6.07, 6.45) is 9.56. The van der Waals surface area contributed by atoms with Gasteiger partial charge in [-0.15, -0.1) is 29.1 Å². The number of hydrogen-bond donors (Lipinski definition) is 1. The molecule has 0 saturated carbocycles. The van der Waals surface area contributed by atoms with E-state index < -0.39 is 0 Å². The molecule has 269 valence electrons. The average Bonchev–Trinajstić information content (AvgIpc) is 3.54. The average molecular weight is 852 g/mol. The molecule has 0 unspecified atom stereocenters. The van der Waals surface area contributed by atoms with Crippen LogP contribution in [0.1, 0.15) is 99.3 Å². The first-order valence-corrected chi connectivity index (χ1v) is 17.9. The Morgan fingerprint density at radius 3 is 2.24 bits per heavy atom. The van der Waals surface area contributed by atoms with Gasteiger partial charge in [-0.1, -0.05) is 91.5 Å². The fraction of sp³-hybridized carbons (Fsp3) is 0.409. The zero-order chi connectivity index (χ0) is 35.9. The van der Waals surface area contributed by atoms with Crippen molar-refractivity contribution in [2.24, 2.45) is 17.8 Å². The van der Waals surface area contributed by atoms with Gasteiger partial charge in [-0.3, -0.25) is 9.78 Å². The second-order valence-corrected chi connectivity index (χ2v) is 14.5. The summed E-state index contributed by atoms with van der Waals surface area (Å²) in [5.74, 6) is 1.06. The normalized spacial score (nSPS) is 12.0. The topological polar surface area (TPSA) is 67.2 Å². The number of nitrogens with zero attached hydrogens (tertiary/aromatic N) is 2. The van der Waals surface area contributed by atoms with Gasteiger partial charge in [0.2, 0.25) is 0 Å². The molecule has 3 aromatic heterocycles. The van der Waals surface area contributed by atoms with Crippen molar-refractivity contribution in [1.82, 2.24) is 4.98 Å². The number of pyridine rings is 2. The third kappa shape index (κ3) is 9.74. The zero-order valence-electron chi connectivity index (χ0n) is 31.4. The molecule has 1 N–H and O–H groups in total. The van der Waals surface area contributed by atoms with Crippen LogP contribution in [0.25, 0.3) is 44.3 Å². The van der Waals surface area contributed by atoms with Crippen LogP contribution in [-0.4, -0.2) is 15.9 Å². The number of hydrogen-bond acceptors (Lipinski definition) is 4. The van der Waals surface area contributed by atoms with Gasteiger partial charge in [0.15, 0.2) is 5.78 Å². The number of rotatable bonds is 11. The van der Waals surface area contributed by atoms with Crippen LogP contribution in [0.5, 0.6) is 0 Å². The summed E-state index contributed by atoms with van der Waals surface area (Å²) in [6, 6.07) is 22.7. The van der Waals surface area contributed by atoms with Gasteiger partial charge in [0, 0.05) is 56.5 Å². The fourth-order valence-electron chi connectivity index (χ4n) is 6.41. The van der Waals surface area contributed by atoms with Crippen LogP contribution in [0.3, 0.4) is 0 Å². The van der Waals surface area contributed by atoms with Crippen molar-refractivity contribution >= 4 is 27.5 Å². The van der Waals surface area contributed by atoms with Gasteiger partial charge >= 0.3 is 0 Å². The smallest absolute Gasteiger partial charge is 0.162 e. The van der Waals surface area contributed by atoms with Crippen molar-refractivity contribution in [3.8, 4) is 22.5 Å². The number of ketones is 1. The summed E-state index contributed by atoms with van der Waals surface area (Å²) in [4.78, 5) is 16.8. The van der Waals surface area contributed by atoms with E-state index in [2.05, 4.69) is 90.2 Å². The van der Waals surface area contributed by atoms with E-state index in [9.17, 15) is 9.90 Å². The summed E-state index contributed by atoms with van der Waals surface area (Å²) in [5.41, 5.74) is 7.25. The molecule has 2 aromatic carbocycles. The van der Waals surface area contributed by atoms with Crippen LogP contribution in [0.4, 0.5) is 0 Å². The van der Waals surface area contributed by atoms with Crippen LogP contribution in [-0.2, 0) is 36.7 Å². The largest absolute Gasteiger partial charge is 0.512 e. The molecule has 5 rings (SSSR count). The van der Waals surface area contributed by atoms with Gasteiger partial charge in [-0.2, -0.15) is 0 Å². The van der Waals surface area contributed by atoms with Crippen molar-refractivity contribution in [2.75, 3.05) is 0 Å². The minimum atomic E-state index is 0. The number of aliphatic hydroxyl groups excluding tert-OH is 1. The minimum Gasteiger partial charge on any atom is -0.512 e. The van der Waals surface area contributed by atoms with Crippen molar-refractivity contribution in [3.05, 3.63) is 103 Å². The molecule has 0 aliphatic carbocycles. The number of allylic oxidation sites excluding steroid dienone is 2. The minimum absolute atomic E-state index is 0. The molecular weight excluding hydrogens is 797 g/mol. The van der Waals surface area contributed by atoms with E-state index in [-0.39, 0.29) is 48.9 Å². The summed E-state index contributed by atoms with van der Waals surface area (Å²) in [6.45, 7) is 19.3. The molecule has 0 atom stereocenters. The predicted octanol–water partition coefficient (Wildman–Crippen LogP) is 11.4. The molecule has 5 aromatic rings. The Kier molecular flexibility index (Phi) is 14.6. The number of furan rings is 1. The van der Waals surface area contributed by atoms with Gasteiger partial charge in [-0.05, 0) is 67.2 Å². The van der Waals surface area contributed by atoms with E-state index in [0.29, 0.717) is 5.92 Å². The second-order valence-electron chi connectivity index (χ2n) is 14.5. The molecule has 0 spiro atoms. The van der Waals surface area contributed by atoms with Crippen LogP contribution in [0, 0.1) is 30.9 Å². The third-order valence-corrected chi connectivity index (χ3v) is 9.40. The Balaban J connectivity index is 0.000000361. The first kappa shape index (κ1) is 40.7. The van der Waals surface area contributed by atoms with Gasteiger partial charge in [0.05, 0.1) is 29.6 Å². The molecule has 0 saturated heterocycles. The molecule has 3 heterocycles. The molecular formula is C44H55IrN2O3-. The number of carbonyl (C=O) groups is 1. The van der Waals surface area contributed by atoms with Gasteiger partial charge in [0.1, 0.15) is 11.3 Å². The van der Waals surface area contributed by atoms with Crippen LogP contribution < -0.4 is 4.57 Å². The summed E-state index contributed by atoms with van der Waals surface area (Å²) in [5, 5.41) is 13.2. The van der Waals surface area contributed by atoms with E-state index in [0.717, 1.165) is 76.7 Å². The molecule has 50 heavy (non-hydrogen) atoms. The first-order valence-electron chi connectivity index (χ1n) is 17.9. The molecule has 1 radical (unpaired) electrons. The maximum Gasteiger partial charge on any atom is 0.162 e. The number of benzene rings is 2. The van der Waals surface area contributed by atoms with E-state index in [4.69, 9.17) is 9.40 Å². The SMILES string of the molecule is CCC(CC)C(=O)/C=C(\O)C(CC)CC.[CH2-][n+]1ccc(-c2cc3occc3c(CC(C)C)n2)cc1-c1[c-]c2ccccc2c(C(C)(C)C)c1.[Ir].